The number of hydrogen-bond acceptors (Lipinski definition) is 5. The van der Waals surface area contributed by atoms with E-state index in [1.807, 2.05) is 12.1 Å². The van der Waals surface area contributed by atoms with E-state index in [0.29, 0.717) is 11.4 Å². The van der Waals surface area contributed by atoms with Gasteiger partial charge >= 0.3 is 0 Å². The monoisotopic (exact) mass is 350 g/mol. The number of anilines is 1. The highest BCUT2D eigenvalue weighted by Gasteiger charge is 2.11. The fourth-order valence-corrected chi connectivity index (χ4v) is 3.50. The summed E-state index contributed by atoms with van der Waals surface area (Å²) in [6, 6.07) is 10.1. The Hall–Kier alpha value is -1.86. The lowest BCUT2D eigenvalue weighted by molar-refractivity contribution is -0.113. The summed E-state index contributed by atoms with van der Waals surface area (Å²) in [5.41, 5.74) is 1.66. The first-order chi connectivity index (χ1) is 11.0. The largest absolute Gasteiger partial charge is 0.325 e. The third kappa shape index (κ3) is 5.37. The van der Waals surface area contributed by atoms with Crippen LogP contribution in [-0.4, -0.2) is 30.8 Å². The molecule has 1 N–H and O–H groups in total. The topological polar surface area (TPSA) is 76.1 Å². The number of nitrogens with zero attached hydrogens (tertiary/aromatic N) is 1. The normalized spacial score (nSPS) is 11.2. The van der Waals surface area contributed by atoms with Crippen LogP contribution < -0.4 is 5.32 Å². The van der Waals surface area contributed by atoms with E-state index in [2.05, 4.69) is 10.3 Å². The molecule has 0 spiro atoms. The van der Waals surface area contributed by atoms with Gasteiger partial charge in [-0.25, -0.2) is 8.42 Å². The molecule has 7 heteroatoms. The van der Waals surface area contributed by atoms with Crippen LogP contribution in [0.4, 0.5) is 5.69 Å². The molecule has 0 atom stereocenters. The summed E-state index contributed by atoms with van der Waals surface area (Å²) < 4.78 is 23.4. The number of amides is 1. The van der Waals surface area contributed by atoms with Crippen molar-refractivity contribution in [2.45, 2.75) is 17.6 Å². The Morgan fingerprint density at radius 3 is 2.57 bits per heavy atom. The van der Waals surface area contributed by atoms with Crippen LogP contribution in [0.5, 0.6) is 0 Å². The zero-order valence-electron chi connectivity index (χ0n) is 12.7. The first kappa shape index (κ1) is 17.5. The summed E-state index contributed by atoms with van der Waals surface area (Å²) in [4.78, 5) is 16.2. The van der Waals surface area contributed by atoms with Crippen LogP contribution in [0.25, 0.3) is 0 Å². The Balaban J connectivity index is 1.83. The first-order valence-electron chi connectivity index (χ1n) is 7.10. The predicted molar refractivity (Wildman–Crippen MR) is 93.2 cm³/mol. The van der Waals surface area contributed by atoms with Crippen LogP contribution in [0, 0.1) is 0 Å². The van der Waals surface area contributed by atoms with Crippen molar-refractivity contribution in [3.05, 3.63) is 54.4 Å². The zero-order chi connectivity index (χ0) is 16.7. The molecule has 0 aliphatic carbocycles. The van der Waals surface area contributed by atoms with Crippen molar-refractivity contribution in [1.29, 1.82) is 0 Å². The average molecular weight is 350 g/mol. The van der Waals surface area contributed by atoms with Gasteiger partial charge in [-0.1, -0.05) is 13.0 Å². The lowest BCUT2D eigenvalue weighted by Gasteiger charge is -2.07. The molecule has 1 amide bonds. The molecule has 0 fully saturated rings. The van der Waals surface area contributed by atoms with Gasteiger partial charge in [0.05, 0.1) is 16.4 Å². The van der Waals surface area contributed by atoms with E-state index in [1.165, 1.54) is 23.9 Å². The van der Waals surface area contributed by atoms with Gasteiger partial charge in [-0.2, -0.15) is 0 Å². The molecule has 0 bridgehead atoms. The molecule has 2 rings (SSSR count). The molecule has 1 aromatic heterocycles. The molecule has 1 heterocycles. The second-order valence-electron chi connectivity index (χ2n) is 4.83. The van der Waals surface area contributed by atoms with Gasteiger partial charge in [-0.3, -0.25) is 9.78 Å². The van der Waals surface area contributed by atoms with Crippen molar-refractivity contribution in [1.82, 2.24) is 4.98 Å². The van der Waals surface area contributed by atoms with Crippen molar-refractivity contribution in [2.24, 2.45) is 0 Å². The lowest BCUT2D eigenvalue weighted by atomic mass is 10.3. The maximum Gasteiger partial charge on any atom is 0.234 e. The van der Waals surface area contributed by atoms with E-state index in [0.717, 1.165) is 11.3 Å². The summed E-state index contributed by atoms with van der Waals surface area (Å²) >= 11 is 1.50. The quantitative estimate of drug-likeness (QED) is 0.831. The van der Waals surface area contributed by atoms with Crippen molar-refractivity contribution in [2.75, 3.05) is 16.8 Å². The summed E-state index contributed by atoms with van der Waals surface area (Å²) in [7, 11) is -3.21. The molecule has 5 nitrogen and oxygen atoms in total. The molecule has 122 valence electrons. The maximum atomic E-state index is 11.9. The van der Waals surface area contributed by atoms with Gasteiger partial charge in [0.2, 0.25) is 5.91 Å². The number of nitrogens with one attached hydrogen (secondary N) is 1. The summed E-state index contributed by atoms with van der Waals surface area (Å²) in [5.74, 6) is 0.979. The number of hydrogen-bond donors (Lipinski definition) is 1. The highest BCUT2D eigenvalue weighted by molar-refractivity contribution is 7.99. The third-order valence-corrected chi connectivity index (χ3v) is 5.86. The molecule has 23 heavy (non-hydrogen) atoms. The van der Waals surface area contributed by atoms with Gasteiger partial charge in [-0.05, 0) is 35.9 Å². The summed E-state index contributed by atoms with van der Waals surface area (Å²) in [5, 5.41) is 2.75. The number of carbonyl (C=O) groups is 1. The van der Waals surface area contributed by atoms with Crippen LogP contribution >= 0.6 is 11.8 Å². The van der Waals surface area contributed by atoms with Crippen LogP contribution in [0.1, 0.15) is 12.5 Å². The molecule has 0 unspecified atom stereocenters. The van der Waals surface area contributed by atoms with Crippen LogP contribution in [0.15, 0.2) is 53.7 Å². The highest BCUT2D eigenvalue weighted by Crippen LogP contribution is 2.16. The van der Waals surface area contributed by atoms with Gasteiger partial charge in [0.15, 0.2) is 9.84 Å². The van der Waals surface area contributed by atoms with Crippen LogP contribution in [0.2, 0.25) is 0 Å². The Morgan fingerprint density at radius 2 is 1.96 bits per heavy atom. The molecule has 0 saturated carbocycles. The minimum absolute atomic E-state index is 0.0592. The number of sulfone groups is 1. The van der Waals surface area contributed by atoms with Crippen molar-refractivity contribution in [3.63, 3.8) is 0 Å². The summed E-state index contributed by atoms with van der Waals surface area (Å²) in [6.07, 6.45) is 3.49. The number of aromatic nitrogens is 1. The van der Waals surface area contributed by atoms with Gasteiger partial charge in [0.1, 0.15) is 0 Å². The molecular formula is C16H18N2O3S2. The molecule has 0 saturated heterocycles. The van der Waals surface area contributed by atoms with E-state index in [4.69, 9.17) is 0 Å². The first-order valence-corrected chi connectivity index (χ1v) is 9.91. The SMILES string of the molecule is CCS(=O)(=O)c1ccc(NC(=O)CSCc2cccnc2)cc1. The Labute approximate surface area is 140 Å². The number of thioether (sulfide) groups is 1. The number of benzene rings is 1. The van der Waals surface area contributed by atoms with E-state index in [1.54, 1.807) is 31.5 Å². The fourth-order valence-electron chi connectivity index (χ4n) is 1.85. The molecule has 1 aromatic carbocycles. The number of carbonyl (C=O) groups excluding carboxylic acids is 1. The van der Waals surface area contributed by atoms with Gasteiger partial charge in [0.25, 0.3) is 0 Å². The van der Waals surface area contributed by atoms with Crippen LogP contribution in [0.3, 0.4) is 0 Å². The highest BCUT2D eigenvalue weighted by atomic mass is 32.2. The van der Waals surface area contributed by atoms with Crippen molar-refractivity contribution < 1.29 is 13.2 Å². The van der Waals surface area contributed by atoms with E-state index >= 15 is 0 Å². The third-order valence-electron chi connectivity index (χ3n) is 3.10. The Morgan fingerprint density at radius 1 is 1.22 bits per heavy atom. The lowest BCUT2D eigenvalue weighted by Crippen LogP contribution is -2.14. The van der Waals surface area contributed by atoms with Crippen LogP contribution in [-0.2, 0) is 20.4 Å². The van der Waals surface area contributed by atoms with E-state index < -0.39 is 9.84 Å². The number of rotatable bonds is 7. The molecular weight excluding hydrogens is 332 g/mol. The van der Waals surface area contributed by atoms with E-state index in [9.17, 15) is 13.2 Å². The minimum atomic E-state index is -3.21. The van der Waals surface area contributed by atoms with Gasteiger partial charge in [-0.15, -0.1) is 11.8 Å². The minimum Gasteiger partial charge on any atom is -0.325 e. The summed E-state index contributed by atoms with van der Waals surface area (Å²) in [6.45, 7) is 1.60. The fraction of sp³-hybridized carbons (Fsp3) is 0.250. The molecule has 0 aliphatic heterocycles. The van der Waals surface area contributed by atoms with Gasteiger partial charge in [0, 0.05) is 23.8 Å². The average Bonchev–Trinajstić information content (AvgIpc) is 2.56. The maximum absolute atomic E-state index is 11.9. The second-order valence-corrected chi connectivity index (χ2v) is 8.09. The Bertz CT molecular complexity index is 745. The Kier molecular flexibility index (Phi) is 6.18. The van der Waals surface area contributed by atoms with Crippen molar-refractivity contribution in [3.8, 4) is 0 Å². The smallest absolute Gasteiger partial charge is 0.234 e. The van der Waals surface area contributed by atoms with Gasteiger partial charge < -0.3 is 5.32 Å². The standard InChI is InChI=1S/C16H18N2O3S2/c1-2-23(20,21)15-7-5-14(6-8-15)18-16(19)12-22-11-13-4-3-9-17-10-13/h3-10H,2,11-12H2,1H3,(H,18,19). The zero-order valence-corrected chi connectivity index (χ0v) is 14.4. The second kappa shape index (κ2) is 8.12. The predicted octanol–water partition coefficient (Wildman–Crippen LogP) is 2.75. The molecule has 2 aromatic rings. The molecule has 0 aliphatic rings. The number of pyridine rings is 1. The molecule has 0 radical (unpaired) electrons. The van der Waals surface area contributed by atoms with Crippen molar-refractivity contribution >= 4 is 33.2 Å². The van der Waals surface area contributed by atoms with E-state index in [-0.39, 0.29) is 16.6 Å².